The largest absolute Gasteiger partial charge is 0.489 e. The highest BCUT2D eigenvalue weighted by Crippen LogP contribution is 2.27. The van der Waals surface area contributed by atoms with Crippen LogP contribution in [0, 0.1) is 5.92 Å². The van der Waals surface area contributed by atoms with Crippen LogP contribution in [0.2, 0.25) is 0 Å². The van der Waals surface area contributed by atoms with Crippen LogP contribution in [0.1, 0.15) is 28.8 Å². The zero-order valence-corrected chi connectivity index (χ0v) is 11.9. The maximum absolute atomic E-state index is 11.9. The molecule has 0 aliphatic heterocycles. The average molecular weight is 281 g/mol. The third-order valence-electron chi connectivity index (χ3n) is 3.61. The first-order chi connectivity index (χ1) is 10.3. The molecule has 21 heavy (non-hydrogen) atoms. The van der Waals surface area contributed by atoms with E-state index in [4.69, 9.17) is 4.74 Å². The van der Waals surface area contributed by atoms with Crippen molar-refractivity contribution in [2.45, 2.75) is 19.4 Å². The summed E-state index contributed by atoms with van der Waals surface area (Å²) in [5.74, 6) is 1.47. The molecule has 1 amide bonds. The van der Waals surface area contributed by atoms with Crippen molar-refractivity contribution in [1.29, 1.82) is 0 Å². The maximum atomic E-state index is 11.9. The van der Waals surface area contributed by atoms with Crippen LogP contribution in [-0.2, 0) is 6.61 Å². The Hall–Kier alpha value is -2.29. The highest BCUT2D eigenvalue weighted by atomic mass is 16.5. The van der Waals surface area contributed by atoms with Crippen molar-refractivity contribution >= 4 is 5.91 Å². The number of benzene rings is 2. The third kappa shape index (κ3) is 4.09. The molecule has 1 aliphatic rings. The molecule has 3 rings (SSSR count). The second-order valence-corrected chi connectivity index (χ2v) is 5.45. The number of ether oxygens (including phenoxy) is 1. The summed E-state index contributed by atoms with van der Waals surface area (Å²) in [6, 6.07) is 17.3. The molecular weight excluding hydrogens is 262 g/mol. The average Bonchev–Trinajstić information content (AvgIpc) is 3.36. The predicted octanol–water partition coefficient (Wildman–Crippen LogP) is 3.41. The Kier molecular flexibility index (Phi) is 4.20. The number of carbonyl (C=O) groups excluding carboxylic acids is 1. The SMILES string of the molecule is O=C(NCC1CC1)c1ccc(OCc2ccccc2)cc1. The lowest BCUT2D eigenvalue weighted by Gasteiger charge is -2.08. The highest BCUT2D eigenvalue weighted by molar-refractivity contribution is 5.94. The molecule has 0 unspecified atom stereocenters. The molecule has 1 aliphatic carbocycles. The van der Waals surface area contributed by atoms with Crippen LogP contribution in [0.4, 0.5) is 0 Å². The van der Waals surface area contributed by atoms with Crippen molar-refractivity contribution in [2.75, 3.05) is 6.54 Å². The van der Waals surface area contributed by atoms with Crippen molar-refractivity contribution in [3.05, 3.63) is 65.7 Å². The van der Waals surface area contributed by atoms with Crippen LogP contribution in [0.25, 0.3) is 0 Å². The van der Waals surface area contributed by atoms with Gasteiger partial charge in [0.15, 0.2) is 0 Å². The fourth-order valence-electron chi connectivity index (χ4n) is 2.10. The van der Waals surface area contributed by atoms with Gasteiger partial charge in [0, 0.05) is 12.1 Å². The number of carbonyl (C=O) groups is 1. The fraction of sp³-hybridized carbons (Fsp3) is 0.278. The second-order valence-electron chi connectivity index (χ2n) is 5.45. The lowest BCUT2D eigenvalue weighted by molar-refractivity contribution is 0.0952. The van der Waals surface area contributed by atoms with Crippen molar-refractivity contribution in [3.8, 4) is 5.75 Å². The van der Waals surface area contributed by atoms with Gasteiger partial charge in [0.05, 0.1) is 0 Å². The molecule has 1 N–H and O–H groups in total. The number of amides is 1. The molecule has 0 spiro atoms. The van der Waals surface area contributed by atoms with Gasteiger partial charge in [-0.2, -0.15) is 0 Å². The summed E-state index contributed by atoms with van der Waals surface area (Å²) < 4.78 is 5.70. The third-order valence-corrected chi connectivity index (χ3v) is 3.61. The highest BCUT2D eigenvalue weighted by Gasteiger charge is 2.21. The second kappa shape index (κ2) is 6.44. The molecule has 0 aromatic heterocycles. The van der Waals surface area contributed by atoms with Gasteiger partial charge in [-0.25, -0.2) is 0 Å². The number of hydrogen-bond acceptors (Lipinski definition) is 2. The molecule has 0 heterocycles. The van der Waals surface area contributed by atoms with E-state index in [1.54, 1.807) is 0 Å². The summed E-state index contributed by atoms with van der Waals surface area (Å²) in [5, 5.41) is 2.96. The molecule has 2 aromatic rings. The van der Waals surface area contributed by atoms with Crippen LogP contribution in [-0.4, -0.2) is 12.5 Å². The van der Waals surface area contributed by atoms with Gasteiger partial charge >= 0.3 is 0 Å². The van der Waals surface area contributed by atoms with E-state index >= 15 is 0 Å². The first kappa shape index (κ1) is 13.7. The van der Waals surface area contributed by atoms with Crippen molar-refractivity contribution in [2.24, 2.45) is 5.92 Å². The summed E-state index contributed by atoms with van der Waals surface area (Å²) in [6.07, 6.45) is 2.49. The van der Waals surface area contributed by atoms with Crippen LogP contribution >= 0.6 is 0 Å². The van der Waals surface area contributed by atoms with E-state index in [0.29, 0.717) is 18.1 Å². The van der Waals surface area contributed by atoms with Crippen molar-refractivity contribution < 1.29 is 9.53 Å². The summed E-state index contributed by atoms with van der Waals surface area (Å²) in [5.41, 5.74) is 1.81. The van der Waals surface area contributed by atoms with Gasteiger partial charge < -0.3 is 10.1 Å². The zero-order valence-electron chi connectivity index (χ0n) is 11.9. The van der Waals surface area contributed by atoms with Gasteiger partial charge in [0.1, 0.15) is 12.4 Å². The topological polar surface area (TPSA) is 38.3 Å². The summed E-state index contributed by atoms with van der Waals surface area (Å²) in [7, 11) is 0. The van der Waals surface area contributed by atoms with Gasteiger partial charge in [0.25, 0.3) is 5.91 Å². The van der Waals surface area contributed by atoms with Gasteiger partial charge in [-0.15, -0.1) is 0 Å². The van der Waals surface area contributed by atoms with E-state index in [9.17, 15) is 4.79 Å². The van der Waals surface area contributed by atoms with E-state index in [1.165, 1.54) is 12.8 Å². The molecule has 3 nitrogen and oxygen atoms in total. The standard InChI is InChI=1S/C18H19NO2/c20-18(19-12-14-6-7-14)16-8-10-17(11-9-16)21-13-15-4-2-1-3-5-15/h1-5,8-11,14H,6-7,12-13H2,(H,19,20). The molecule has 0 radical (unpaired) electrons. The lowest BCUT2D eigenvalue weighted by atomic mass is 10.2. The zero-order chi connectivity index (χ0) is 14.5. The Bertz CT molecular complexity index is 588. The van der Waals surface area contributed by atoms with Crippen LogP contribution in [0.15, 0.2) is 54.6 Å². The molecule has 0 saturated heterocycles. The predicted molar refractivity (Wildman–Crippen MR) is 82.3 cm³/mol. The Labute approximate surface area is 124 Å². The summed E-state index contributed by atoms with van der Waals surface area (Å²) >= 11 is 0. The van der Waals surface area contributed by atoms with Gasteiger partial charge in [-0.1, -0.05) is 30.3 Å². The van der Waals surface area contributed by atoms with Crippen molar-refractivity contribution in [3.63, 3.8) is 0 Å². The minimum Gasteiger partial charge on any atom is -0.489 e. The van der Waals surface area contributed by atoms with E-state index < -0.39 is 0 Å². The minimum absolute atomic E-state index is 0.00323. The Morgan fingerprint density at radius 3 is 2.43 bits per heavy atom. The van der Waals surface area contributed by atoms with E-state index in [2.05, 4.69) is 5.32 Å². The van der Waals surface area contributed by atoms with Gasteiger partial charge in [0.2, 0.25) is 0 Å². The summed E-state index contributed by atoms with van der Waals surface area (Å²) in [4.78, 5) is 11.9. The van der Waals surface area contributed by atoms with E-state index in [1.807, 2.05) is 54.6 Å². The normalized spacial score (nSPS) is 13.7. The van der Waals surface area contributed by atoms with Gasteiger partial charge in [-0.3, -0.25) is 4.79 Å². The molecule has 0 atom stereocenters. The lowest BCUT2D eigenvalue weighted by Crippen LogP contribution is -2.25. The van der Waals surface area contributed by atoms with Crippen molar-refractivity contribution in [1.82, 2.24) is 5.32 Å². The Morgan fingerprint density at radius 2 is 1.76 bits per heavy atom. The number of nitrogens with one attached hydrogen (secondary N) is 1. The van der Waals surface area contributed by atoms with E-state index in [0.717, 1.165) is 17.9 Å². The first-order valence-electron chi connectivity index (χ1n) is 7.36. The Morgan fingerprint density at radius 1 is 1.05 bits per heavy atom. The first-order valence-corrected chi connectivity index (χ1v) is 7.36. The van der Waals surface area contributed by atoms with Crippen LogP contribution < -0.4 is 10.1 Å². The quantitative estimate of drug-likeness (QED) is 0.881. The number of hydrogen-bond donors (Lipinski definition) is 1. The fourth-order valence-corrected chi connectivity index (χ4v) is 2.10. The van der Waals surface area contributed by atoms with Crippen LogP contribution in [0.3, 0.4) is 0 Å². The minimum atomic E-state index is -0.00323. The molecule has 3 heteroatoms. The maximum Gasteiger partial charge on any atom is 0.251 e. The van der Waals surface area contributed by atoms with E-state index in [-0.39, 0.29) is 5.91 Å². The molecule has 108 valence electrons. The molecule has 1 fully saturated rings. The van der Waals surface area contributed by atoms with Crippen LogP contribution in [0.5, 0.6) is 5.75 Å². The number of rotatable bonds is 6. The molecule has 2 aromatic carbocycles. The molecule has 0 bridgehead atoms. The summed E-state index contributed by atoms with van der Waals surface area (Å²) in [6.45, 7) is 1.33. The monoisotopic (exact) mass is 281 g/mol. The van der Waals surface area contributed by atoms with Gasteiger partial charge in [-0.05, 0) is 48.6 Å². The molecule has 1 saturated carbocycles. The Balaban J connectivity index is 1.52. The molecular formula is C18H19NO2. The smallest absolute Gasteiger partial charge is 0.251 e.